The molecule has 2 fully saturated rings. The number of piperidine rings is 1. The Morgan fingerprint density at radius 3 is 2.48 bits per heavy atom. The molecular formula is C18H21N3O4. The number of amides is 1. The van der Waals surface area contributed by atoms with Crippen molar-refractivity contribution >= 4 is 5.91 Å². The summed E-state index contributed by atoms with van der Waals surface area (Å²) in [7, 11) is 1.55. The van der Waals surface area contributed by atoms with Crippen LogP contribution in [-0.2, 0) is 9.47 Å². The molecule has 0 saturated carbocycles. The number of benzene rings is 1. The average molecular weight is 343 g/mol. The average Bonchev–Trinajstić information content (AvgIpc) is 3.30. The SMILES string of the molecule is COc1cn(-c2ccccc2)nc1C(=O)N1CCC2(CC1)OCCO2. The maximum atomic E-state index is 12.9. The largest absolute Gasteiger partial charge is 0.493 e. The van der Waals surface area contributed by atoms with E-state index in [4.69, 9.17) is 14.2 Å². The monoisotopic (exact) mass is 343 g/mol. The van der Waals surface area contributed by atoms with Crippen molar-refractivity contribution in [1.82, 2.24) is 14.7 Å². The Kier molecular flexibility index (Phi) is 4.19. The van der Waals surface area contributed by atoms with Crippen LogP contribution in [0.4, 0.5) is 0 Å². The summed E-state index contributed by atoms with van der Waals surface area (Å²) in [5.74, 6) is -0.147. The van der Waals surface area contributed by atoms with Crippen LogP contribution in [0.3, 0.4) is 0 Å². The molecule has 0 radical (unpaired) electrons. The number of carbonyl (C=O) groups is 1. The van der Waals surface area contributed by atoms with Gasteiger partial charge in [0.25, 0.3) is 5.91 Å². The molecule has 2 aliphatic heterocycles. The summed E-state index contributed by atoms with van der Waals surface area (Å²) in [5.41, 5.74) is 1.21. The van der Waals surface area contributed by atoms with Crippen molar-refractivity contribution in [3.8, 4) is 11.4 Å². The highest BCUT2D eigenvalue weighted by molar-refractivity contribution is 5.95. The van der Waals surface area contributed by atoms with E-state index in [2.05, 4.69) is 5.10 Å². The molecule has 2 aromatic rings. The van der Waals surface area contributed by atoms with Crippen LogP contribution >= 0.6 is 0 Å². The summed E-state index contributed by atoms with van der Waals surface area (Å²) in [4.78, 5) is 14.7. The van der Waals surface area contributed by atoms with Crippen LogP contribution in [0.15, 0.2) is 36.5 Å². The molecule has 0 unspecified atom stereocenters. The Hall–Kier alpha value is -2.38. The van der Waals surface area contributed by atoms with E-state index in [-0.39, 0.29) is 5.91 Å². The molecule has 7 nitrogen and oxygen atoms in total. The standard InChI is InChI=1S/C18H21N3O4/c1-23-15-13-21(14-5-3-2-4-6-14)19-16(15)17(22)20-9-7-18(8-10-20)24-11-12-25-18/h2-6,13H,7-12H2,1H3. The van der Waals surface area contributed by atoms with Gasteiger partial charge in [-0.1, -0.05) is 18.2 Å². The van der Waals surface area contributed by atoms with Gasteiger partial charge < -0.3 is 19.1 Å². The zero-order valence-electron chi connectivity index (χ0n) is 14.2. The lowest BCUT2D eigenvalue weighted by molar-refractivity contribution is -0.181. The summed E-state index contributed by atoms with van der Waals surface area (Å²) < 4.78 is 18.5. The number of hydrogen-bond donors (Lipinski definition) is 0. The number of para-hydroxylation sites is 1. The van der Waals surface area contributed by atoms with E-state index in [9.17, 15) is 4.79 Å². The number of rotatable bonds is 3. The Morgan fingerprint density at radius 2 is 1.84 bits per heavy atom. The van der Waals surface area contributed by atoms with E-state index in [0.29, 0.717) is 50.6 Å². The topological polar surface area (TPSA) is 65.8 Å². The molecule has 2 saturated heterocycles. The van der Waals surface area contributed by atoms with Gasteiger partial charge in [-0.3, -0.25) is 4.79 Å². The van der Waals surface area contributed by atoms with Crippen molar-refractivity contribution in [1.29, 1.82) is 0 Å². The van der Waals surface area contributed by atoms with Gasteiger partial charge in [-0.05, 0) is 12.1 Å². The van der Waals surface area contributed by atoms with Gasteiger partial charge >= 0.3 is 0 Å². The molecule has 1 aromatic carbocycles. The first-order valence-electron chi connectivity index (χ1n) is 8.47. The van der Waals surface area contributed by atoms with Crippen LogP contribution in [0.5, 0.6) is 5.75 Å². The van der Waals surface area contributed by atoms with Crippen LogP contribution in [0.25, 0.3) is 5.69 Å². The smallest absolute Gasteiger partial charge is 0.278 e. The highest BCUT2D eigenvalue weighted by atomic mass is 16.7. The third kappa shape index (κ3) is 3.01. The number of aromatic nitrogens is 2. The summed E-state index contributed by atoms with van der Waals surface area (Å²) in [6, 6.07) is 9.65. The van der Waals surface area contributed by atoms with E-state index in [1.165, 1.54) is 0 Å². The molecule has 132 valence electrons. The van der Waals surface area contributed by atoms with Crippen LogP contribution in [0.1, 0.15) is 23.3 Å². The molecule has 1 amide bonds. The second-order valence-electron chi connectivity index (χ2n) is 6.23. The second kappa shape index (κ2) is 6.50. The van der Waals surface area contributed by atoms with Gasteiger partial charge in [-0.25, -0.2) is 4.68 Å². The number of likely N-dealkylation sites (tertiary alicyclic amines) is 1. The number of hydrogen-bond acceptors (Lipinski definition) is 5. The van der Waals surface area contributed by atoms with Crippen molar-refractivity contribution in [2.24, 2.45) is 0 Å². The van der Waals surface area contributed by atoms with Gasteiger partial charge in [-0.2, -0.15) is 5.10 Å². The molecule has 25 heavy (non-hydrogen) atoms. The molecule has 7 heteroatoms. The van der Waals surface area contributed by atoms with Gasteiger partial charge in [0.05, 0.1) is 32.2 Å². The number of carbonyl (C=O) groups excluding carboxylic acids is 1. The minimum Gasteiger partial charge on any atom is -0.493 e. The Morgan fingerprint density at radius 1 is 1.16 bits per heavy atom. The van der Waals surface area contributed by atoms with E-state index < -0.39 is 5.79 Å². The Balaban J connectivity index is 1.53. The summed E-state index contributed by atoms with van der Waals surface area (Å²) in [6.45, 7) is 2.42. The van der Waals surface area contributed by atoms with E-state index in [0.717, 1.165) is 5.69 Å². The van der Waals surface area contributed by atoms with Gasteiger partial charge in [0, 0.05) is 25.9 Å². The number of nitrogens with zero attached hydrogens (tertiary/aromatic N) is 3. The molecule has 1 aromatic heterocycles. The minimum atomic E-state index is -0.496. The van der Waals surface area contributed by atoms with Crippen molar-refractivity contribution in [2.45, 2.75) is 18.6 Å². The van der Waals surface area contributed by atoms with Crippen molar-refractivity contribution in [2.75, 3.05) is 33.4 Å². The predicted molar refractivity (Wildman–Crippen MR) is 89.9 cm³/mol. The fourth-order valence-electron chi connectivity index (χ4n) is 3.35. The van der Waals surface area contributed by atoms with Crippen molar-refractivity contribution in [3.05, 3.63) is 42.2 Å². The van der Waals surface area contributed by atoms with E-state index >= 15 is 0 Å². The number of ether oxygens (including phenoxy) is 3. The molecular weight excluding hydrogens is 322 g/mol. The predicted octanol–water partition coefficient (Wildman–Crippen LogP) is 1.86. The molecule has 3 heterocycles. The quantitative estimate of drug-likeness (QED) is 0.851. The molecule has 4 rings (SSSR count). The van der Waals surface area contributed by atoms with Crippen LogP contribution in [0.2, 0.25) is 0 Å². The van der Waals surface area contributed by atoms with E-state index in [1.807, 2.05) is 30.3 Å². The van der Waals surface area contributed by atoms with Gasteiger partial charge in [0.1, 0.15) is 0 Å². The molecule has 2 aliphatic rings. The third-order valence-corrected chi connectivity index (χ3v) is 4.75. The molecule has 0 bridgehead atoms. The lowest BCUT2D eigenvalue weighted by atomic mass is 10.0. The van der Waals surface area contributed by atoms with Crippen molar-refractivity contribution < 1.29 is 19.0 Å². The first-order chi connectivity index (χ1) is 12.2. The second-order valence-corrected chi connectivity index (χ2v) is 6.23. The zero-order valence-corrected chi connectivity index (χ0v) is 14.2. The highest BCUT2D eigenvalue weighted by Crippen LogP contribution is 2.32. The summed E-state index contributed by atoms with van der Waals surface area (Å²) in [5, 5.41) is 4.45. The first-order valence-corrected chi connectivity index (χ1v) is 8.47. The zero-order chi connectivity index (χ0) is 17.3. The first kappa shape index (κ1) is 16.1. The maximum absolute atomic E-state index is 12.9. The van der Waals surface area contributed by atoms with Crippen LogP contribution < -0.4 is 4.74 Å². The third-order valence-electron chi connectivity index (χ3n) is 4.75. The van der Waals surface area contributed by atoms with Gasteiger partial charge in [0.2, 0.25) is 0 Å². The maximum Gasteiger partial charge on any atom is 0.278 e. The normalized spacial score (nSPS) is 19.3. The van der Waals surface area contributed by atoms with Crippen LogP contribution in [-0.4, -0.2) is 59.8 Å². The number of methoxy groups -OCH3 is 1. The molecule has 0 atom stereocenters. The lowest BCUT2D eigenvalue weighted by Crippen LogP contribution is -2.47. The lowest BCUT2D eigenvalue weighted by Gasteiger charge is -2.37. The van der Waals surface area contributed by atoms with Crippen molar-refractivity contribution in [3.63, 3.8) is 0 Å². The minimum absolute atomic E-state index is 0.126. The van der Waals surface area contributed by atoms with Gasteiger partial charge in [-0.15, -0.1) is 0 Å². The summed E-state index contributed by atoms with van der Waals surface area (Å²) in [6.07, 6.45) is 3.10. The van der Waals surface area contributed by atoms with Crippen LogP contribution in [0, 0.1) is 0 Å². The van der Waals surface area contributed by atoms with E-state index in [1.54, 1.807) is 22.9 Å². The fraction of sp³-hybridized carbons (Fsp3) is 0.444. The molecule has 0 aliphatic carbocycles. The molecule has 0 N–H and O–H groups in total. The highest BCUT2D eigenvalue weighted by Gasteiger charge is 2.41. The van der Waals surface area contributed by atoms with Gasteiger partial charge in [0.15, 0.2) is 17.2 Å². The molecule has 1 spiro atoms. The fourth-order valence-corrected chi connectivity index (χ4v) is 3.35. The Bertz CT molecular complexity index is 743. The summed E-state index contributed by atoms with van der Waals surface area (Å²) >= 11 is 0. The Labute approximate surface area is 146 Å².